The average Bonchev–Trinajstić information content (AvgIpc) is 2.19. The standard InChI is InChI=1S/C9H20N2O2S/c1-10(14(12)13)6-5-9-11-7-3-2-4-8-11/h2-9H2,1H3,(H,12,13)/p-1. The van der Waals surface area contributed by atoms with Gasteiger partial charge < -0.3 is 9.45 Å². The van der Waals surface area contributed by atoms with Crippen molar-refractivity contribution >= 4 is 11.3 Å². The van der Waals surface area contributed by atoms with Crippen molar-refractivity contribution in [1.82, 2.24) is 9.21 Å². The van der Waals surface area contributed by atoms with Crippen LogP contribution >= 0.6 is 0 Å². The van der Waals surface area contributed by atoms with E-state index in [1.165, 1.54) is 36.7 Å². The van der Waals surface area contributed by atoms with Gasteiger partial charge in [-0.25, -0.2) is 4.31 Å². The Bertz CT molecular complexity index is 184. The maximum Gasteiger partial charge on any atom is 0.0206 e. The highest BCUT2D eigenvalue weighted by molar-refractivity contribution is 7.76. The van der Waals surface area contributed by atoms with Crippen molar-refractivity contribution in [3.05, 3.63) is 0 Å². The van der Waals surface area contributed by atoms with Crippen LogP contribution in [0.5, 0.6) is 0 Å². The summed E-state index contributed by atoms with van der Waals surface area (Å²) in [5, 5.41) is 0. The van der Waals surface area contributed by atoms with Crippen molar-refractivity contribution in [3.8, 4) is 0 Å². The number of nitrogens with zero attached hydrogens (tertiary/aromatic N) is 2. The molecule has 0 aromatic rings. The molecule has 0 aromatic carbocycles. The quantitative estimate of drug-likeness (QED) is 0.636. The van der Waals surface area contributed by atoms with Gasteiger partial charge in [0.15, 0.2) is 0 Å². The van der Waals surface area contributed by atoms with Crippen LogP contribution in [0.2, 0.25) is 0 Å². The van der Waals surface area contributed by atoms with E-state index >= 15 is 0 Å². The van der Waals surface area contributed by atoms with Crippen LogP contribution in [0.4, 0.5) is 0 Å². The van der Waals surface area contributed by atoms with Gasteiger partial charge in [-0.3, -0.25) is 4.21 Å². The molecule has 1 rings (SSSR count). The first-order valence-corrected chi connectivity index (χ1v) is 6.26. The van der Waals surface area contributed by atoms with Crippen LogP contribution in [0, 0.1) is 0 Å². The van der Waals surface area contributed by atoms with Crippen LogP contribution < -0.4 is 0 Å². The molecule has 1 heterocycles. The third kappa shape index (κ3) is 4.50. The minimum absolute atomic E-state index is 0.632. The zero-order valence-corrected chi connectivity index (χ0v) is 9.59. The maximum absolute atomic E-state index is 10.5. The maximum atomic E-state index is 10.5. The fourth-order valence-electron chi connectivity index (χ4n) is 1.77. The largest absolute Gasteiger partial charge is 0.760 e. The number of hydrogen-bond donors (Lipinski definition) is 0. The Morgan fingerprint density at radius 1 is 1.36 bits per heavy atom. The lowest BCUT2D eigenvalue weighted by Gasteiger charge is -2.27. The summed E-state index contributed by atoms with van der Waals surface area (Å²) in [4.78, 5) is 2.42. The average molecular weight is 219 g/mol. The van der Waals surface area contributed by atoms with Crippen molar-refractivity contribution < 1.29 is 8.76 Å². The predicted molar refractivity (Wildman–Crippen MR) is 56.5 cm³/mol. The Hall–Kier alpha value is 0.0300. The molecule has 0 aliphatic carbocycles. The molecule has 1 aliphatic heterocycles. The van der Waals surface area contributed by atoms with E-state index < -0.39 is 11.3 Å². The van der Waals surface area contributed by atoms with Crippen molar-refractivity contribution in [2.75, 3.05) is 33.2 Å². The predicted octanol–water partition coefficient (Wildman–Crippen LogP) is 0.588. The van der Waals surface area contributed by atoms with Gasteiger partial charge in [0.1, 0.15) is 0 Å². The lowest BCUT2D eigenvalue weighted by atomic mass is 10.1. The van der Waals surface area contributed by atoms with Gasteiger partial charge in [-0.15, -0.1) is 0 Å². The van der Waals surface area contributed by atoms with Crippen LogP contribution in [0.15, 0.2) is 0 Å². The zero-order chi connectivity index (χ0) is 10.4. The minimum Gasteiger partial charge on any atom is -0.760 e. The first-order chi connectivity index (χ1) is 6.70. The molecule has 1 saturated heterocycles. The van der Waals surface area contributed by atoms with E-state index in [0.717, 1.165) is 13.0 Å². The highest BCUT2D eigenvalue weighted by Crippen LogP contribution is 2.08. The second-order valence-electron chi connectivity index (χ2n) is 3.82. The van der Waals surface area contributed by atoms with Crippen LogP contribution in [0.3, 0.4) is 0 Å². The third-order valence-corrected chi connectivity index (χ3v) is 3.34. The highest BCUT2D eigenvalue weighted by Gasteiger charge is 2.09. The first-order valence-electron chi connectivity index (χ1n) is 5.23. The van der Waals surface area contributed by atoms with Crippen molar-refractivity contribution in [1.29, 1.82) is 0 Å². The molecule has 14 heavy (non-hydrogen) atoms. The monoisotopic (exact) mass is 219 g/mol. The van der Waals surface area contributed by atoms with Crippen molar-refractivity contribution in [2.45, 2.75) is 25.7 Å². The molecule has 0 amide bonds. The molecular formula is C9H19N2O2S-. The van der Waals surface area contributed by atoms with Crippen LogP contribution in [0.1, 0.15) is 25.7 Å². The van der Waals surface area contributed by atoms with E-state index in [9.17, 15) is 8.76 Å². The van der Waals surface area contributed by atoms with E-state index in [1.54, 1.807) is 7.05 Å². The Labute approximate surface area is 88.7 Å². The lowest BCUT2D eigenvalue weighted by Crippen LogP contribution is -2.32. The van der Waals surface area contributed by atoms with Gasteiger partial charge in [-0.2, -0.15) is 0 Å². The summed E-state index contributed by atoms with van der Waals surface area (Å²) in [6.45, 7) is 4.03. The van der Waals surface area contributed by atoms with Gasteiger partial charge in [0.05, 0.1) is 0 Å². The summed E-state index contributed by atoms with van der Waals surface area (Å²) >= 11 is -2.05. The smallest absolute Gasteiger partial charge is 0.0206 e. The number of rotatable bonds is 5. The van der Waals surface area contributed by atoms with Gasteiger partial charge in [0.2, 0.25) is 0 Å². The van der Waals surface area contributed by atoms with E-state index in [1.807, 2.05) is 0 Å². The number of hydrogen-bond acceptors (Lipinski definition) is 3. The zero-order valence-electron chi connectivity index (χ0n) is 8.78. The lowest BCUT2D eigenvalue weighted by molar-refractivity contribution is 0.221. The number of likely N-dealkylation sites (tertiary alicyclic amines) is 1. The van der Waals surface area contributed by atoms with Gasteiger partial charge in [0.25, 0.3) is 0 Å². The summed E-state index contributed by atoms with van der Waals surface area (Å²) in [6, 6.07) is 0. The summed E-state index contributed by atoms with van der Waals surface area (Å²) in [6.07, 6.45) is 4.87. The van der Waals surface area contributed by atoms with E-state index in [0.29, 0.717) is 6.54 Å². The van der Waals surface area contributed by atoms with Gasteiger partial charge in [-0.05, 0) is 45.9 Å². The molecule has 1 unspecified atom stereocenters. The SMILES string of the molecule is CN(CCCN1CCCCC1)S(=O)[O-]. The minimum atomic E-state index is -2.05. The molecule has 0 saturated carbocycles. The molecule has 1 aliphatic rings. The summed E-state index contributed by atoms with van der Waals surface area (Å²) in [7, 11) is 1.61. The summed E-state index contributed by atoms with van der Waals surface area (Å²) < 4.78 is 22.3. The fourth-order valence-corrected chi connectivity index (χ4v) is 2.05. The van der Waals surface area contributed by atoms with Crippen LogP contribution in [0.25, 0.3) is 0 Å². The molecule has 0 aromatic heterocycles. The Morgan fingerprint density at radius 3 is 2.57 bits per heavy atom. The first kappa shape index (κ1) is 12.1. The van der Waals surface area contributed by atoms with Crippen LogP contribution in [-0.4, -0.2) is 51.2 Å². The topological polar surface area (TPSA) is 46.6 Å². The third-order valence-electron chi connectivity index (χ3n) is 2.65. The second kappa shape index (κ2) is 6.50. The van der Waals surface area contributed by atoms with Gasteiger partial charge >= 0.3 is 0 Å². The molecule has 0 N–H and O–H groups in total. The Kier molecular flexibility index (Phi) is 5.62. The van der Waals surface area contributed by atoms with Gasteiger partial charge in [-0.1, -0.05) is 6.42 Å². The highest BCUT2D eigenvalue weighted by atomic mass is 32.2. The van der Waals surface area contributed by atoms with E-state index in [2.05, 4.69) is 4.90 Å². The second-order valence-corrected chi connectivity index (χ2v) is 4.88. The molecule has 0 radical (unpaired) electrons. The normalized spacial score (nSPS) is 21.4. The van der Waals surface area contributed by atoms with Crippen LogP contribution in [-0.2, 0) is 11.3 Å². The Balaban J connectivity index is 2.05. The molecule has 1 fully saturated rings. The van der Waals surface area contributed by atoms with E-state index in [-0.39, 0.29) is 0 Å². The molecule has 84 valence electrons. The van der Waals surface area contributed by atoms with E-state index in [4.69, 9.17) is 0 Å². The summed E-state index contributed by atoms with van der Waals surface area (Å²) in [5.74, 6) is 0. The number of piperidine rings is 1. The summed E-state index contributed by atoms with van der Waals surface area (Å²) in [5.41, 5.74) is 0. The van der Waals surface area contributed by atoms with Crippen molar-refractivity contribution in [3.63, 3.8) is 0 Å². The van der Waals surface area contributed by atoms with Gasteiger partial charge in [0, 0.05) is 17.8 Å². The Morgan fingerprint density at radius 2 is 2.00 bits per heavy atom. The molecule has 0 spiro atoms. The molecule has 5 heteroatoms. The molecular weight excluding hydrogens is 200 g/mol. The molecule has 4 nitrogen and oxygen atoms in total. The van der Waals surface area contributed by atoms with Crippen molar-refractivity contribution in [2.24, 2.45) is 0 Å². The molecule has 1 atom stereocenters. The molecule has 0 bridgehead atoms. The fraction of sp³-hybridized carbons (Fsp3) is 1.00.